The highest BCUT2D eigenvalue weighted by Gasteiger charge is 2.33. The fraction of sp³-hybridized carbons (Fsp3) is 0.161. The van der Waals surface area contributed by atoms with Crippen molar-refractivity contribution in [1.29, 1.82) is 0 Å². The molecule has 0 saturated heterocycles. The Hall–Kier alpha value is -4.43. The van der Waals surface area contributed by atoms with E-state index in [-0.39, 0.29) is 29.3 Å². The molecule has 8 heteroatoms. The first-order chi connectivity index (χ1) is 18.9. The Labute approximate surface area is 228 Å². The van der Waals surface area contributed by atoms with Crippen LogP contribution in [0.5, 0.6) is 0 Å². The zero-order valence-corrected chi connectivity index (χ0v) is 22.2. The number of nitrogens with zero attached hydrogens (tertiary/aromatic N) is 1. The first kappa shape index (κ1) is 26.2. The van der Waals surface area contributed by atoms with Gasteiger partial charge in [0.05, 0.1) is 16.6 Å². The Bertz CT molecular complexity index is 1650. The van der Waals surface area contributed by atoms with Crippen molar-refractivity contribution in [2.45, 2.75) is 23.8 Å². The van der Waals surface area contributed by atoms with Gasteiger partial charge in [-0.3, -0.25) is 13.9 Å². The van der Waals surface area contributed by atoms with Crippen molar-refractivity contribution < 1.29 is 18.0 Å². The second-order valence-corrected chi connectivity index (χ2v) is 11.3. The van der Waals surface area contributed by atoms with Gasteiger partial charge in [0.15, 0.2) is 0 Å². The van der Waals surface area contributed by atoms with Crippen LogP contribution < -0.4 is 14.9 Å². The molecule has 39 heavy (non-hydrogen) atoms. The standard InChI is InChI=1S/C31H29N3O4S/c1-2-30(35)33-28-18-20-34(29-10-6-5-9-27(28)29)39(37,38)26-15-13-24(14-16-26)31(36)32-19-17-22-11-12-23-7-3-4-8-25(23)21-22/h2-16,21,28H,1,17-20H2,(H,32,36)(H,33,35). The number of rotatable bonds is 8. The number of benzene rings is 4. The van der Waals surface area contributed by atoms with Gasteiger partial charge in [0, 0.05) is 18.7 Å². The molecular formula is C31H29N3O4S. The summed E-state index contributed by atoms with van der Waals surface area (Å²) in [6.45, 7) is 4.16. The number of amides is 2. The van der Waals surface area contributed by atoms with Crippen molar-refractivity contribution in [2.24, 2.45) is 0 Å². The van der Waals surface area contributed by atoms with Gasteiger partial charge in [-0.25, -0.2) is 8.42 Å². The Morgan fingerprint density at radius 1 is 0.923 bits per heavy atom. The molecule has 2 amide bonds. The van der Waals surface area contributed by atoms with E-state index >= 15 is 0 Å². The van der Waals surface area contributed by atoms with E-state index in [1.54, 1.807) is 12.1 Å². The first-order valence-corrected chi connectivity index (χ1v) is 14.2. The smallest absolute Gasteiger partial charge is 0.264 e. The van der Waals surface area contributed by atoms with Gasteiger partial charge in [0.25, 0.3) is 15.9 Å². The third-order valence-corrected chi connectivity index (χ3v) is 8.75. The number of hydrogen-bond acceptors (Lipinski definition) is 4. The van der Waals surface area contributed by atoms with E-state index in [1.807, 2.05) is 24.3 Å². The van der Waals surface area contributed by atoms with E-state index in [0.717, 1.165) is 16.5 Å². The summed E-state index contributed by atoms with van der Waals surface area (Å²) in [6.07, 6.45) is 2.31. The van der Waals surface area contributed by atoms with Crippen LogP contribution >= 0.6 is 0 Å². The lowest BCUT2D eigenvalue weighted by atomic mass is 9.98. The van der Waals surface area contributed by atoms with Crippen molar-refractivity contribution in [3.8, 4) is 0 Å². The van der Waals surface area contributed by atoms with Gasteiger partial charge in [-0.05, 0) is 71.1 Å². The van der Waals surface area contributed by atoms with Gasteiger partial charge < -0.3 is 10.6 Å². The van der Waals surface area contributed by atoms with Crippen LogP contribution in [0, 0.1) is 0 Å². The summed E-state index contributed by atoms with van der Waals surface area (Å²) < 4.78 is 28.5. The number of anilines is 1. The van der Waals surface area contributed by atoms with E-state index in [9.17, 15) is 18.0 Å². The van der Waals surface area contributed by atoms with E-state index in [2.05, 4.69) is 47.5 Å². The van der Waals surface area contributed by atoms with E-state index in [0.29, 0.717) is 30.6 Å². The largest absolute Gasteiger partial charge is 0.352 e. The van der Waals surface area contributed by atoms with Crippen LogP contribution in [0.2, 0.25) is 0 Å². The van der Waals surface area contributed by atoms with Crippen LogP contribution in [0.4, 0.5) is 5.69 Å². The molecule has 1 aliphatic rings. The van der Waals surface area contributed by atoms with E-state index in [4.69, 9.17) is 0 Å². The van der Waals surface area contributed by atoms with Crippen molar-refractivity contribution in [1.82, 2.24) is 10.6 Å². The maximum atomic E-state index is 13.6. The SMILES string of the molecule is C=CC(=O)NC1CCN(S(=O)(=O)c2ccc(C(=O)NCCc3ccc4ccccc4c3)cc2)c2ccccc21. The fourth-order valence-corrected chi connectivity index (χ4v) is 6.39. The summed E-state index contributed by atoms with van der Waals surface area (Å²) >= 11 is 0. The van der Waals surface area contributed by atoms with Gasteiger partial charge >= 0.3 is 0 Å². The first-order valence-electron chi connectivity index (χ1n) is 12.8. The fourth-order valence-electron chi connectivity index (χ4n) is 4.88. The molecule has 0 fully saturated rings. The van der Waals surface area contributed by atoms with Gasteiger partial charge in [-0.15, -0.1) is 0 Å². The minimum atomic E-state index is -3.88. The second kappa shape index (κ2) is 11.1. The number of carbonyl (C=O) groups excluding carboxylic acids is 2. The van der Waals surface area contributed by atoms with Crippen LogP contribution in [-0.4, -0.2) is 33.3 Å². The molecule has 1 atom stereocenters. The topological polar surface area (TPSA) is 95.6 Å². The van der Waals surface area contributed by atoms with Crippen molar-refractivity contribution in [2.75, 3.05) is 17.4 Å². The number of carbonyl (C=O) groups is 2. The lowest BCUT2D eigenvalue weighted by Gasteiger charge is -2.35. The molecule has 0 radical (unpaired) electrons. The van der Waals surface area contributed by atoms with Gasteiger partial charge in [0.2, 0.25) is 5.91 Å². The lowest BCUT2D eigenvalue weighted by molar-refractivity contribution is -0.117. The maximum Gasteiger partial charge on any atom is 0.264 e. The van der Waals surface area contributed by atoms with E-state index in [1.165, 1.54) is 40.0 Å². The molecule has 5 rings (SSSR count). The van der Waals surface area contributed by atoms with Gasteiger partial charge in [-0.1, -0.05) is 67.2 Å². The predicted molar refractivity (Wildman–Crippen MR) is 153 cm³/mol. The van der Waals surface area contributed by atoms with Crippen LogP contribution in [0.25, 0.3) is 10.8 Å². The molecule has 1 aliphatic heterocycles. The molecule has 4 aromatic carbocycles. The lowest BCUT2D eigenvalue weighted by Crippen LogP contribution is -2.40. The maximum absolute atomic E-state index is 13.6. The highest BCUT2D eigenvalue weighted by molar-refractivity contribution is 7.92. The summed E-state index contributed by atoms with van der Waals surface area (Å²) in [4.78, 5) is 24.7. The number of para-hydroxylation sites is 1. The molecule has 0 aliphatic carbocycles. The highest BCUT2D eigenvalue weighted by atomic mass is 32.2. The van der Waals surface area contributed by atoms with Crippen LogP contribution in [0.15, 0.2) is 109 Å². The number of hydrogen-bond donors (Lipinski definition) is 2. The number of nitrogens with one attached hydrogen (secondary N) is 2. The average molecular weight is 540 g/mol. The zero-order valence-electron chi connectivity index (χ0n) is 21.3. The monoisotopic (exact) mass is 539 g/mol. The number of sulfonamides is 1. The molecule has 0 aromatic heterocycles. The summed E-state index contributed by atoms with van der Waals surface area (Å²) in [5.74, 6) is -0.568. The molecule has 0 bridgehead atoms. The van der Waals surface area contributed by atoms with Crippen LogP contribution in [0.1, 0.15) is 33.9 Å². The van der Waals surface area contributed by atoms with Crippen molar-refractivity contribution in [3.63, 3.8) is 0 Å². The quantitative estimate of drug-likeness (QED) is 0.316. The van der Waals surface area contributed by atoms with Crippen LogP contribution in [-0.2, 0) is 21.2 Å². The zero-order chi connectivity index (χ0) is 27.4. The Morgan fingerprint density at radius 3 is 2.41 bits per heavy atom. The third-order valence-electron chi connectivity index (χ3n) is 6.92. The highest BCUT2D eigenvalue weighted by Crippen LogP contribution is 2.37. The second-order valence-electron chi connectivity index (χ2n) is 9.40. The summed E-state index contributed by atoms with van der Waals surface area (Å²) in [7, 11) is -3.88. The van der Waals surface area contributed by atoms with Gasteiger partial charge in [-0.2, -0.15) is 0 Å². The minimum Gasteiger partial charge on any atom is -0.352 e. The molecule has 0 saturated carbocycles. The van der Waals surface area contributed by atoms with E-state index < -0.39 is 10.0 Å². The molecule has 1 heterocycles. The van der Waals surface area contributed by atoms with Crippen LogP contribution in [0.3, 0.4) is 0 Å². The molecule has 1 unspecified atom stereocenters. The minimum absolute atomic E-state index is 0.0959. The Balaban J connectivity index is 1.25. The Morgan fingerprint density at radius 2 is 1.64 bits per heavy atom. The average Bonchev–Trinajstić information content (AvgIpc) is 2.97. The molecule has 7 nitrogen and oxygen atoms in total. The summed E-state index contributed by atoms with van der Waals surface area (Å²) in [6, 6.07) is 27.2. The molecule has 0 spiro atoms. The predicted octanol–water partition coefficient (Wildman–Crippen LogP) is 4.75. The summed E-state index contributed by atoms with van der Waals surface area (Å²) in [5, 5.41) is 8.12. The van der Waals surface area contributed by atoms with Gasteiger partial charge in [0.1, 0.15) is 0 Å². The summed E-state index contributed by atoms with van der Waals surface area (Å²) in [5.41, 5.74) is 2.76. The molecule has 2 N–H and O–H groups in total. The normalized spacial score (nSPS) is 14.9. The van der Waals surface area contributed by atoms with Crippen molar-refractivity contribution >= 4 is 38.3 Å². The third kappa shape index (κ3) is 5.56. The molecule has 198 valence electrons. The molecular weight excluding hydrogens is 510 g/mol. The number of fused-ring (bicyclic) bond motifs is 2. The van der Waals surface area contributed by atoms with Crippen molar-refractivity contribution in [3.05, 3.63) is 120 Å². The molecule has 4 aromatic rings. The Kier molecular flexibility index (Phi) is 7.47.